The molecule has 2 aromatic carbocycles. The van der Waals surface area contributed by atoms with E-state index in [9.17, 15) is 14.4 Å². The second-order valence-corrected chi connectivity index (χ2v) is 11.7. The van der Waals surface area contributed by atoms with Crippen LogP contribution in [0.4, 0.5) is 5.69 Å². The summed E-state index contributed by atoms with van der Waals surface area (Å²) in [5.74, 6) is 1.65. The van der Waals surface area contributed by atoms with Crippen LogP contribution in [0.1, 0.15) is 51.4 Å². The number of carbonyl (C=O) groups excluding carboxylic acids is 3. The van der Waals surface area contributed by atoms with E-state index >= 15 is 0 Å². The third-order valence-electron chi connectivity index (χ3n) is 9.41. The lowest BCUT2D eigenvalue weighted by Crippen LogP contribution is -2.60. The molecule has 4 fully saturated rings. The van der Waals surface area contributed by atoms with Gasteiger partial charge in [-0.3, -0.25) is 19.4 Å². The number of fused-ring (bicyclic) bond motifs is 4. The first-order chi connectivity index (χ1) is 20.2. The Labute approximate surface area is 244 Å². The fraction of sp³-hybridized carbons (Fsp3) is 0.438. The average molecular weight is 574 g/mol. The van der Waals surface area contributed by atoms with Crippen molar-refractivity contribution in [2.24, 2.45) is 10.8 Å². The molecule has 4 aliphatic carbocycles. The summed E-state index contributed by atoms with van der Waals surface area (Å²) >= 11 is 0. The number of esters is 1. The third-order valence-corrected chi connectivity index (χ3v) is 9.41. The molecule has 7 rings (SSSR count). The predicted molar refractivity (Wildman–Crippen MR) is 155 cm³/mol. The number of nitrogens with one attached hydrogen (secondary N) is 2. The first-order valence-corrected chi connectivity index (χ1v) is 14.3. The van der Waals surface area contributed by atoms with Crippen LogP contribution in [-0.4, -0.2) is 49.6 Å². The lowest BCUT2D eigenvalue weighted by atomic mass is 9.57. The minimum absolute atomic E-state index is 0.147. The average Bonchev–Trinajstić information content (AvgIpc) is 3.84. The Kier molecular flexibility index (Phi) is 6.95. The highest BCUT2D eigenvalue weighted by molar-refractivity contribution is 6.13. The molecule has 3 aromatic rings. The zero-order valence-electron chi connectivity index (χ0n) is 24.1. The molecule has 1 heterocycles. The highest BCUT2D eigenvalue weighted by atomic mass is 16.5. The van der Waals surface area contributed by atoms with Crippen LogP contribution in [0.5, 0.6) is 23.0 Å². The maximum absolute atomic E-state index is 13.4. The van der Waals surface area contributed by atoms with Crippen molar-refractivity contribution in [2.45, 2.75) is 56.9 Å². The van der Waals surface area contributed by atoms with Crippen molar-refractivity contribution < 1.29 is 33.3 Å². The van der Waals surface area contributed by atoms with Crippen molar-refractivity contribution in [1.29, 1.82) is 0 Å². The van der Waals surface area contributed by atoms with Gasteiger partial charge >= 0.3 is 5.97 Å². The fourth-order valence-corrected chi connectivity index (χ4v) is 6.46. The largest absolute Gasteiger partial charge is 0.493 e. The van der Waals surface area contributed by atoms with E-state index in [2.05, 4.69) is 15.6 Å². The number of hydrogen-bond donors (Lipinski definition) is 2. The van der Waals surface area contributed by atoms with E-state index in [4.69, 9.17) is 18.9 Å². The molecule has 0 aliphatic heterocycles. The molecular formula is C32H35N3O7. The summed E-state index contributed by atoms with van der Waals surface area (Å²) in [4.78, 5) is 43.5. The van der Waals surface area contributed by atoms with Crippen molar-refractivity contribution in [3.63, 3.8) is 0 Å². The van der Waals surface area contributed by atoms with E-state index in [0.717, 1.165) is 24.6 Å². The molecule has 0 unspecified atom stereocenters. The molecule has 42 heavy (non-hydrogen) atoms. The minimum atomic E-state index is -1.06. The number of rotatable bonds is 9. The van der Waals surface area contributed by atoms with Gasteiger partial charge in [0.05, 0.1) is 32.3 Å². The van der Waals surface area contributed by atoms with Crippen molar-refractivity contribution in [3.8, 4) is 23.0 Å². The van der Waals surface area contributed by atoms with Gasteiger partial charge in [-0.1, -0.05) is 0 Å². The van der Waals surface area contributed by atoms with Gasteiger partial charge in [0.15, 0.2) is 11.5 Å². The summed E-state index contributed by atoms with van der Waals surface area (Å²) in [6, 6.07) is 12.4. The van der Waals surface area contributed by atoms with E-state index in [0.29, 0.717) is 66.3 Å². The van der Waals surface area contributed by atoms with Crippen LogP contribution < -0.4 is 24.8 Å². The van der Waals surface area contributed by atoms with E-state index in [-0.39, 0.29) is 23.3 Å². The normalized spacial score (nSPS) is 23.5. The second-order valence-electron chi connectivity index (χ2n) is 11.7. The number of pyridine rings is 1. The predicted octanol–water partition coefficient (Wildman–Crippen LogP) is 5.15. The molecule has 10 heteroatoms. The number of anilines is 1. The van der Waals surface area contributed by atoms with Crippen LogP contribution in [-0.2, 0) is 19.1 Å². The van der Waals surface area contributed by atoms with Gasteiger partial charge in [-0.25, -0.2) is 0 Å². The Morgan fingerprint density at radius 1 is 0.762 bits per heavy atom. The van der Waals surface area contributed by atoms with Crippen molar-refractivity contribution in [1.82, 2.24) is 10.3 Å². The number of aromatic nitrogens is 1. The van der Waals surface area contributed by atoms with E-state index < -0.39 is 10.8 Å². The molecule has 0 saturated heterocycles. The highest BCUT2D eigenvalue weighted by Crippen LogP contribution is 2.54. The van der Waals surface area contributed by atoms with Gasteiger partial charge in [-0.15, -0.1) is 0 Å². The highest BCUT2D eigenvalue weighted by Gasteiger charge is 2.60. The summed E-state index contributed by atoms with van der Waals surface area (Å²) in [5.41, 5.74) is -0.557. The van der Waals surface area contributed by atoms with Crippen LogP contribution in [0.3, 0.4) is 0 Å². The van der Waals surface area contributed by atoms with Crippen LogP contribution in [0.25, 0.3) is 10.9 Å². The lowest BCUT2D eigenvalue weighted by Gasteiger charge is -2.52. The summed E-state index contributed by atoms with van der Waals surface area (Å²) in [7, 11) is 4.58. The Morgan fingerprint density at radius 2 is 1.40 bits per heavy atom. The van der Waals surface area contributed by atoms with Gasteiger partial charge in [0, 0.05) is 28.9 Å². The molecule has 1 aromatic heterocycles. The molecule has 0 spiro atoms. The van der Waals surface area contributed by atoms with Crippen molar-refractivity contribution in [3.05, 3.63) is 48.7 Å². The molecule has 10 nitrogen and oxygen atoms in total. The number of ether oxygens (including phenoxy) is 4. The second kappa shape index (κ2) is 10.5. The van der Waals surface area contributed by atoms with E-state index in [1.807, 2.05) is 6.07 Å². The maximum Gasteiger partial charge on any atom is 0.311 e. The Hall–Kier alpha value is -4.34. The van der Waals surface area contributed by atoms with Gasteiger partial charge in [0.1, 0.15) is 16.9 Å². The molecule has 0 radical (unpaired) electrons. The van der Waals surface area contributed by atoms with E-state index in [1.54, 1.807) is 56.8 Å². The lowest BCUT2D eigenvalue weighted by molar-refractivity contribution is -0.161. The van der Waals surface area contributed by atoms with Gasteiger partial charge in [-0.2, -0.15) is 0 Å². The zero-order valence-corrected chi connectivity index (χ0v) is 24.1. The SMILES string of the molecule is COC(=O)C12CCC(NC(=O)C3(C(=O)Nc4ccc(Oc5ccnc6cc(OC)c(OC)cc56)cc4)CC3)(CC1)CC2. The van der Waals surface area contributed by atoms with E-state index in [1.165, 1.54) is 7.11 Å². The van der Waals surface area contributed by atoms with Gasteiger partial charge < -0.3 is 29.6 Å². The number of amides is 2. The number of methoxy groups -OCH3 is 3. The third kappa shape index (κ3) is 4.78. The number of carbonyl (C=O) groups is 3. The topological polar surface area (TPSA) is 125 Å². The summed E-state index contributed by atoms with van der Waals surface area (Å²) in [6.45, 7) is 0. The minimum Gasteiger partial charge on any atom is -0.493 e. The van der Waals surface area contributed by atoms with Crippen LogP contribution in [0.2, 0.25) is 0 Å². The smallest absolute Gasteiger partial charge is 0.311 e. The Morgan fingerprint density at radius 3 is 2.00 bits per heavy atom. The standard InChI is InChI=1S/C32H35N3O7/c1-39-25-18-22-23(19-26(25)40-2)33-17-8-24(22)42-21-6-4-20(5-7-21)34-27(36)32(15-16-32)28(37)35-31-12-9-30(10-13-31,11-14-31)29(38)41-3/h4-8,17-19H,9-16H2,1-3H3,(H,34,36)(H,35,37). The fourth-order valence-electron chi connectivity index (χ4n) is 6.46. The Balaban J connectivity index is 1.10. The molecule has 4 saturated carbocycles. The van der Waals surface area contributed by atoms with Crippen LogP contribution >= 0.6 is 0 Å². The quantitative estimate of drug-likeness (QED) is 0.266. The molecule has 4 aliphatic rings. The number of benzene rings is 2. The maximum atomic E-state index is 13.4. The molecule has 2 N–H and O–H groups in total. The first-order valence-electron chi connectivity index (χ1n) is 14.3. The number of hydrogen-bond acceptors (Lipinski definition) is 8. The van der Waals surface area contributed by atoms with Crippen LogP contribution in [0, 0.1) is 10.8 Å². The molecule has 0 atom stereocenters. The Bertz CT molecular complexity index is 1520. The molecule has 2 amide bonds. The first kappa shape index (κ1) is 27.8. The summed E-state index contributed by atoms with van der Waals surface area (Å²) in [6.07, 6.45) is 6.95. The molecular weight excluding hydrogens is 538 g/mol. The molecule has 2 bridgehead atoms. The molecule has 220 valence electrons. The van der Waals surface area contributed by atoms with Crippen molar-refractivity contribution in [2.75, 3.05) is 26.6 Å². The van der Waals surface area contributed by atoms with Gasteiger partial charge in [0.2, 0.25) is 11.8 Å². The van der Waals surface area contributed by atoms with Gasteiger partial charge in [-0.05, 0) is 87.8 Å². The zero-order chi connectivity index (χ0) is 29.5. The van der Waals surface area contributed by atoms with Gasteiger partial charge in [0.25, 0.3) is 0 Å². The van der Waals surface area contributed by atoms with Crippen LogP contribution in [0.15, 0.2) is 48.7 Å². The van der Waals surface area contributed by atoms with Crippen molar-refractivity contribution >= 4 is 34.4 Å². The summed E-state index contributed by atoms with van der Waals surface area (Å²) < 4.78 is 22.0. The number of nitrogens with zero attached hydrogens (tertiary/aromatic N) is 1. The monoisotopic (exact) mass is 573 g/mol. The summed E-state index contributed by atoms with van der Waals surface area (Å²) in [5, 5.41) is 6.92.